The van der Waals surface area contributed by atoms with Crippen molar-refractivity contribution in [2.75, 3.05) is 20.2 Å². The Bertz CT molecular complexity index is 632. The Morgan fingerprint density at radius 2 is 2.32 bits per heavy atom. The van der Waals surface area contributed by atoms with E-state index in [1.54, 1.807) is 0 Å². The summed E-state index contributed by atoms with van der Waals surface area (Å²) in [5.41, 5.74) is 3.34. The molecule has 4 heteroatoms. The van der Waals surface area contributed by atoms with E-state index in [4.69, 9.17) is 11.6 Å². The van der Waals surface area contributed by atoms with Gasteiger partial charge in [-0.25, -0.2) is 0 Å². The smallest absolute Gasteiger partial charge is 0.0628 e. The maximum atomic E-state index is 9.66. The Hall–Kier alpha value is -1.29. The van der Waals surface area contributed by atoms with Gasteiger partial charge in [-0.2, -0.15) is 0 Å². The number of hydrogen-bond acceptors (Lipinski definition) is 2. The summed E-state index contributed by atoms with van der Waals surface area (Å²) in [7, 11) is 2.05. The highest BCUT2D eigenvalue weighted by molar-refractivity contribution is 6.31. The molecule has 0 aliphatic carbocycles. The number of nitrogens with one attached hydrogen (secondary N) is 1. The number of aromatic nitrogens is 1. The Morgan fingerprint density at radius 1 is 1.47 bits per heavy atom. The molecule has 3 nitrogen and oxygen atoms in total. The van der Waals surface area contributed by atoms with Crippen LogP contribution in [0.4, 0.5) is 0 Å². The van der Waals surface area contributed by atoms with Crippen molar-refractivity contribution in [1.82, 2.24) is 9.88 Å². The first-order valence-electron chi connectivity index (χ1n) is 6.49. The lowest BCUT2D eigenvalue weighted by atomic mass is 9.92. The first-order chi connectivity index (χ1) is 9.20. The van der Waals surface area contributed by atoms with Crippen molar-refractivity contribution in [2.24, 2.45) is 0 Å². The lowest BCUT2D eigenvalue weighted by molar-refractivity contribution is 0.179. The van der Waals surface area contributed by atoms with Gasteiger partial charge < -0.3 is 10.1 Å². The molecule has 0 saturated carbocycles. The second-order valence-electron chi connectivity index (χ2n) is 5.02. The lowest BCUT2D eigenvalue weighted by Crippen LogP contribution is -2.38. The number of aromatic amines is 1. The SMILES string of the molecule is CN1CCC=C(c2cc(Cl)cc3cc[nH]c23)C1CO. The zero-order chi connectivity index (χ0) is 13.4. The first kappa shape index (κ1) is 12.7. The van der Waals surface area contributed by atoms with Crippen LogP contribution in [0.5, 0.6) is 0 Å². The number of rotatable bonds is 2. The average Bonchev–Trinajstić information content (AvgIpc) is 2.85. The van der Waals surface area contributed by atoms with E-state index in [1.165, 1.54) is 0 Å². The number of H-pyrrole nitrogens is 1. The van der Waals surface area contributed by atoms with Crippen LogP contribution in [0.1, 0.15) is 12.0 Å². The molecule has 1 unspecified atom stereocenters. The van der Waals surface area contributed by atoms with Crippen molar-refractivity contribution in [2.45, 2.75) is 12.5 Å². The third kappa shape index (κ3) is 2.18. The molecular formula is C15H17ClN2O. The summed E-state index contributed by atoms with van der Waals surface area (Å²) < 4.78 is 0. The quantitative estimate of drug-likeness (QED) is 0.885. The molecule has 0 radical (unpaired) electrons. The van der Waals surface area contributed by atoms with Crippen LogP contribution in [0.2, 0.25) is 5.02 Å². The first-order valence-corrected chi connectivity index (χ1v) is 6.86. The number of halogens is 1. The minimum absolute atomic E-state index is 0.0405. The number of likely N-dealkylation sites (N-methyl/N-ethyl adjacent to an activating group) is 1. The summed E-state index contributed by atoms with van der Waals surface area (Å²) in [6.07, 6.45) is 5.13. The molecule has 2 aromatic rings. The van der Waals surface area contributed by atoms with Crippen LogP contribution >= 0.6 is 11.6 Å². The van der Waals surface area contributed by atoms with Crippen molar-refractivity contribution in [3.63, 3.8) is 0 Å². The summed E-state index contributed by atoms with van der Waals surface area (Å²) in [6, 6.07) is 6.00. The molecule has 1 aliphatic heterocycles. The number of nitrogens with zero attached hydrogens (tertiary/aromatic N) is 1. The minimum Gasteiger partial charge on any atom is -0.394 e. The standard InChI is InChI=1S/C15H17ClN2O/c1-18-6-2-3-12(14(18)9-19)13-8-11(16)7-10-4-5-17-15(10)13/h3-5,7-8,14,17,19H,2,6,9H2,1H3. The topological polar surface area (TPSA) is 39.3 Å². The van der Waals surface area contributed by atoms with Gasteiger partial charge in [-0.1, -0.05) is 17.7 Å². The van der Waals surface area contributed by atoms with Crippen molar-refractivity contribution < 1.29 is 5.11 Å². The Morgan fingerprint density at radius 3 is 3.11 bits per heavy atom. The molecule has 100 valence electrons. The molecule has 1 aliphatic rings. The zero-order valence-corrected chi connectivity index (χ0v) is 11.6. The lowest BCUT2D eigenvalue weighted by Gasteiger charge is -2.32. The van der Waals surface area contributed by atoms with Crippen LogP contribution in [-0.4, -0.2) is 41.2 Å². The van der Waals surface area contributed by atoms with Gasteiger partial charge in [0.05, 0.1) is 18.2 Å². The predicted octanol–water partition coefficient (Wildman–Crippen LogP) is 2.90. The maximum Gasteiger partial charge on any atom is 0.0628 e. The summed E-state index contributed by atoms with van der Waals surface area (Å²) in [5.74, 6) is 0. The molecular weight excluding hydrogens is 260 g/mol. The molecule has 1 aromatic heterocycles. The molecule has 1 atom stereocenters. The number of aliphatic hydroxyl groups is 1. The van der Waals surface area contributed by atoms with Gasteiger partial charge in [0.1, 0.15) is 0 Å². The minimum atomic E-state index is 0.0405. The molecule has 0 spiro atoms. The monoisotopic (exact) mass is 276 g/mol. The fraction of sp³-hybridized carbons (Fsp3) is 0.333. The van der Waals surface area contributed by atoms with Gasteiger partial charge in [0.25, 0.3) is 0 Å². The van der Waals surface area contributed by atoms with Gasteiger partial charge in [0, 0.05) is 28.7 Å². The average molecular weight is 277 g/mol. The van der Waals surface area contributed by atoms with Crippen LogP contribution in [0.15, 0.2) is 30.5 Å². The Kier molecular flexibility index (Phi) is 3.35. The van der Waals surface area contributed by atoms with Crippen molar-refractivity contribution in [1.29, 1.82) is 0 Å². The zero-order valence-electron chi connectivity index (χ0n) is 10.9. The highest BCUT2D eigenvalue weighted by Crippen LogP contribution is 2.33. The van der Waals surface area contributed by atoms with Gasteiger partial charge in [0.15, 0.2) is 0 Å². The largest absolute Gasteiger partial charge is 0.394 e. The van der Waals surface area contributed by atoms with Crippen molar-refractivity contribution >= 4 is 28.1 Å². The van der Waals surface area contributed by atoms with Gasteiger partial charge in [-0.15, -0.1) is 0 Å². The number of aliphatic hydroxyl groups excluding tert-OH is 1. The van der Waals surface area contributed by atoms with Gasteiger partial charge >= 0.3 is 0 Å². The maximum absolute atomic E-state index is 9.66. The van der Waals surface area contributed by atoms with E-state index < -0.39 is 0 Å². The number of fused-ring (bicyclic) bond motifs is 1. The fourth-order valence-electron chi connectivity index (χ4n) is 2.84. The van der Waals surface area contributed by atoms with E-state index in [0.29, 0.717) is 0 Å². The Labute approximate surface area is 117 Å². The normalized spacial score (nSPS) is 20.8. The van der Waals surface area contributed by atoms with Gasteiger partial charge in [-0.3, -0.25) is 4.90 Å². The van der Waals surface area contributed by atoms with Crippen LogP contribution in [-0.2, 0) is 0 Å². The highest BCUT2D eigenvalue weighted by atomic mass is 35.5. The van der Waals surface area contributed by atoms with Gasteiger partial charge in [-0.05, 0) is 37.2 Å². The van der Waals surface area contributed by atoms with Crippen molar-refractivity contribution in [3.8, 4) is 0 Å². The van der Waals surface area contributed by atoms with Gasteiger partial charge in [0.2, 0.25) is 0 Å². The van der Waals surface area contributed by atoms with E-state index >= 15 is 0 Å². The third-order valence-electron chi connectivity index (χ3n) is 3.85. The molecule has 3 rings (SSSR count). The third-order valence-corrected chi connectivity index (χ3v) is 4.06. The number of hydrogen-bond donors (Lipinski definition) is 2. The van der Waals surface area contributed by atoms with E-state index in [-0.39, 0.29) is 12.6 Å². The molecule has 1 aromatic carbocycles. The van der Waals surface area contributed by atoms with Crippen LogP contribution in [0.3, 0.4) is 0 Å². The van der Waals surface area contributed by atoms with E-state index in [9.17, 15) is 5.11 Å². The fourth-order valence-corrected chi connectivity index (χ4v) is 3.07. The molecule has 2 N–H and O–H groups in total. The summed E-state index contributed by atoms with van der Waals surface area (Å²) in [5, 5.41) is 11.5. The van der Waals surface area contributed by atoms with E-state index in [1.807, 2.05) is 31.4 Å². The van der Waals surface area contributed by atoms with Crippen molar-refractivity contribution in [3.05, 3.63) is 41.1 Å². The molecule has 19 heavy (non-hydrogen) atoms. The molecule has 0 bridgehead atoms. The summed E-state index contributed by atoms with van der Waals surface area (Å²) >= 11 is 6.21. The van der Waals surface area contributed by atoms with Crippen LogP contribution < -0.4 is 0 Å². The molecule has 0 amide bonds. The van der Waals surface area contributed by atoms with E-state index in [2.05, 4.69) is 16.0 Å². The second kappa shape index (κ2) is 5.00. The summed E-state index contributed by atoms with van der Waals surface area (Å²) in [6.45, 7) is 1.10. The molecule has 2 heterocycles. The molecule has 0 saturated heterocycles. The summed E-state index contributed by atoms with van der Waals surface area (Å²) in [4.78, 5) is 5.46. The highest BCUT2D eigenvalue weighted by Gasteiger charge is 2.24. The number of benzene rings is 1. The second-order valence-corrected chi connectivity index (χ2v) is 5.46. The van der Waals surface area contributed by atoms with E-state index in [0.717, 1.165) is 40.0 Å². The van der Waals surface area contributed by atoms with Crippen LogP contribution in [0.25, 0.3) is 16.5 Å². The Balaban J connectivity index is 2.17. The molecule has 0 fully saturated rings. The predicted molar refractivity (Wildman–Crippen MR) is 79.4 cm³/mol. The van der Waals surface area contributed by atoms with Crippen LogP contribution in [0, 0.1) is 0 Å².